The second kappa shape index (κ2) is 6.83. The van der Waals surface area contributed by atoms with E-state index in [1.807, 2.05) is 6.92 Å². The van der Waals surface area contributed by atoms with Gasteiger partial charge in [0.1, 0.15) is 6.04 Å². The average Bonchev–Trinajstić information content (AvgIpc) is 2.43. The number of rotatable bonds is 6. The monoisotopic (exact) mass is 294 g/mol. The van der Waals surface area contributed by atoms with Crippen molar-refractivity contribution in [3.8, 4) is 0 Å². The minimum Gasteiger partial charge on any atom is -0.480 e. The van der Waals surface area contributed by atoms with Crippen LogP contribution in [0.5, 0.6) is 0 Å². The lowest BCUT2D eigenvalue weighted by Crippen LogP contribution is -2.45. The number of hydrogen-bond donors (Lipinski definition) is 2. The lowest BCUT2D eigenvalue weighted by atomic mass is 9.98. The van der Waals surface area contributed by atoms with Gasteiger partial charge in [0.25, 0.3) is 11.6 Å². The lowest BCUT2D eigenvalue weighted by molar-refractivity contribution is -0.385. The minimum atomic E-state index is -1.13. The molecule has 0 fully saturated rings. The summed E-state index contributed by atoms with van der Waals surface area (Å²) in [5.74, 6) is -2.00. The Labute approximate surface area is 122 Å². The maximum absolute atomic E-state index is 12.1. The molecule has 21 heavy (non-hydrogen) atoms. The number of nitrogens with one attached hydrogen (secondary N) is 1. The molecule has 0 aliphatic rings. The molecule has 0 aromatic heterocycles. The quantitative estimate of drug-likeness (QED) is 0.617. The Hall–Kier alpha value is -2.44. The van der Waals surface area contributed by atoms with Crippen molar-refractivity contribution in [1.82, 2.24) is 5.32 Å². The molecule has 7 heteroatoms. The molecule has 0 heterocycles. The van der Waals surface area contributed by atoms with Crippen LogP contribution in [0.4, 0.5) is 5.69 Å². The molecular weight excluding hydrogens is 276 g/mol. The maximum atomic E-state index is 12.1. The molecule has 0 saturated heterocycles. The van der Waals surface area contributed by atoms with Crippen molar-refractivity contribution < 1.29 is 19.6 Å². The van der Waals surface area contributed by atoms with E-state index in [0.29, 0.717) is 12.0 Å². The average molecular weight is 294 g/mol. The van der Waals surface area contributed by atoms with Gasteiger partial charge in [-0.25, -0.2) is 4.79 Å². The van der Waals surface area contributed by atoms with Crippen LogP contribution >= 0.6 is 0 Å². The zero-order chi connectivity index (χ0) is 16.2. The first-order chi connectivity index (χ1) is 9.77. The Morgan fingerprint density at radius 3 is 2.52 bits per heavy atom. The number of nitro benzene ring substituents is 1. The van der Waals surface area contributed by atoms with Gasteiger partial charge in [-0.2, -0.15) is 0 Å². The van der Waals surface area contributed by atoms with Crippen molar-refractivity contribution in [2.24, 2.45) is 5.92 Å². The smallest absolute Gasteiger partial charge is 0.326 e. The molecule has 0 bridgehead atoms. The largest absolute Gasteiger partial charge is 0.480 e. The second-order valence-electron chi connectivity index (χ2n) is 4.93. The van der Waals surface area contributed by atoms with Gasteiger partial charge in [0, 0.05) is 17.2 Å². The van der Waals surface area contributed by atoms with E-state index in [9.17, 15) is 19.7 Å². The third kappa shape index (κ3) is 4.01. The number of carbonyl (C=O) groups is 2. The molecule has 0 aliphatic heterocycles. The number of aliphatic carboxylic acids is 1. The highest BCUT2D eigenvalue weighted by Crippen LogP contribution is 2.19. The Bertz CT molecular complexity index is 570. The number of carbonyl (C=O) groups excluding carboxylic acids is 1. The van der Waals surface area contributed by atoms with Gasteiger partial charge in [0.15, 0.2) is 0 Å². The number of nitro groups is 1. The van der Waals surface area contributed by atoms with Crippen molar-refractivity contribution in [3.05, 3.63) is 39.4 Å². The standard InChI is InChI=1S/C14H18N2O5/c1-4-8(2)12(14(18)19)15-13(17)10-6-5-9(3)11(7-10)16(20)21/h5-8,12H,4H2,1-3H3,(H,15,17)(H,18,19). The van der Waals surface area contributed by atoms with Crippen LogP contribution in [0.25, 0.3) is 0 Å². The number of hydrogen-bond acceptors (Lipinski definition) is 4. The number of amides is 1. The van der Waals surface area contributed by atoms with Crippen molar-refractivity contribution in [2.45, 2.75) is 33.2 Å². The van der Waals surface area contributed by atoms with Gasteiger partial charge in [-0.3, -0.25) is 14.9 Å². The molecule has 2 unspecified atom stereocenters. The minimum absolute atomic E-state index is 0.0712. The molecule has 2 atom stereocenters. The number of carboxylic acid groups (broad SMARTS) is 1. The SMILES string of the molecule is CCC(C)C(NC(=O)c1ccc(C)c([N+](=O)[O-])c1)C(=O)O. The molecule has 1 amide bonds. The normalized spacial score (nSPS) is 13.3. The van der Waals surface area contributed by atoms with Crippen LogP contribution in [0.2, 0.25) is 0 Å². The summed E-state index contributed by atoms with van der Waals surface area (Å²) in [5.41, 5.74) is 0.341. The molecule has 2 N–H and O–H groups in total. The van der Waals surface area contributed by atoms with E-state index in [1.54, 1.807) is 13.8 Å². The molecule has 0 spiro atoms. The van der Waals surface area contributed by atoms with Crippen LogP contribution in [0.1, 0.15) is 36.2 Å². The highest BCUT2D eigenvalue weighted by Gasteiger charge is 2.26. The molecule has 0 radical (unpaired) electrons. The first-order valence-electron chi connectivity index (χ1n) is 6.56. The topological polar surface area (TPSA) is 110 Å². The summed E-state index contributed by atoms with van der Waals surface area (Å²) < 4.78 is 0. The van der Waals surface area contributed by atoms with Gasteiger partial charge in [-0.05, 0) is 18.9 Å². The van der Waals surface area contributed by atoms with Crippen LogP contribution in [0, 0.1) is 23.0 Å². The Balaban J connectivity index is 3.00. The van der Waals surface area contributed by atoms with Gasteiger partial charge in [-0.15, -0.1) is 0 Å². The third-order valence-electron chi connectivity index (χ3n) is 3.43. The summed E-state index contributed by atoms with van der Waals surface area (Å²) in [5, 5.41) is 22.4. The molecule has 0 saturated carbocycles. The Morgan fingerprint density at radius 2 is 2.05 bits per heavy atom. The third-order valence-corrected chi connectivity index (χ3v) is 3.43. The van der Waals surface area contributed by atoms with Crippen molar-refractivity contribution >= 4 is 17.6 Å². The number of nitrogens with zero attached hydrogens (tertiary/aromatic N) is 1. The first-order valence-corrected chi connectivity index (χ1v) is 6.56. The molecule has 0 aliphatic carbocycles. The molecule has 1 aromatic rings. The summed E-state index contributed by atoms with van der Waals surface area (Å²) >= 11 is 0. The van der Waals surface area contributed by atoms with E-state index in [0.717, 1.165) is 6.07 Å². The van der Waals surface area contributed by atoms with Crippen LogP contribution in [-0.4, -0.2) is 27.9 Å². The highest BCUT2D eigenvalue weighted by atomic mass is 16.6. The van der Waals surface area contributed by atoms with E-state index in [1.165, 1.54) is 12.1 Å². The van der Waals surface area contributed by atoms with Crippen molar-refractivity contribution in [2.75, 3.05) is 0 Å². The summed E-state index contributed by atoms with van der Waals surface area (Å²) in [6.45, 7) is 5.11. The lowest BCUT2D eigenvalue weighted by Gasteiger charge is -2.20. The van der Waals surface area contributed by atoms with E-state index in [-0.39, 0.29) is 17.2 Å². The second-order valence-corrected chi connectivity index (χ2v) is 4.93. The summed E-state index contributed by atoms with van der Waals surface area (Å²) in [4.78, 5) is 33.5. The molecule has 1 rings (SSSR count). The van der Waals surface area contributed by atoms with Gasteiger partial charge >= 0.3 is 5.97 Å². The predicted octanol–water partition coefficient (Wildman–Crippen LogP) is 2.13. The fraction of sp³-hybridized carbons (Fsp3) is 0.429. The zero-order valence-corrected chi connectivity index (χ0v) is 12.1. The maximum Gasteiger partial charge on any atom is 0.326 e. The van der Waals surface area contributed by atoms with E-state index in [4.69, 9.17) is 5.11 Å². The number of aryl methyl sites for hydroxylation is 1. The van der Waals surface area contributed by atoms with Gasteiger partial charge in [0.2, 0.25) is 0 Å². The summed E-state index contributed by atoms with van der Waals surface area (Å²) in [6.07, 6.45) is 0.589. The van der Waals surface area contributed by atoms with Crippen LogP contribution in [0.3, 0.4) is 0 Å². The first kappa shape index (κ1) is 16.6. The number of carboxylic acids is 1. The van der Waals surface area contributed by atoms with E-state index < -0.39 is 22.8 Å². The van der Waals surface area contributed by atoms with Crippen molar-refractivity contribution in [3.63, 3.8) is 0 Å². The highest BCUT2D eigenvalue weighted by molar-refractivity contribution is 5.97. The molecular formula is C14H18N2O5. The summed E-state index contributed by atoms with van der Waals surface area (Å²) in [6, 6.07) is 3.03. The van der Waals surface area contributed by atoms with E-state index >= 15 is 0 Å². The van der Waals surface area contributed by atoms with E-state index in [2.05, 4.69) is 5.32 Å². The van der Waals surface area contributed by atoms with Gasteiger partial charge in [0.05, 0.1) is 4.92 Å². The Kier molecular flexibility index (Phi) is 5.40. The fourth-order valence-electron chi connectivity index (χ4n) is 1.85. The molecule has 7 nitrogen and oxygen atoms in total. The molecule has 1 aromatic carbocycles. The zero-order valence-electron chi connectivity index (χ0n) is 12.1. The predicted molar refractivity (Wildman–Crippen MR) is 76.2 cm³/mol. The number of benzene rings is 1. The van der Waals surface area contributed by atoms with Crippen LogP contribution < -0.4 is 5.32 Å². The van der Waals surface area contributed by atoms with Gasteiger partial charge < -0.3 is 10.4 Å². The fourth-order valence-corrected chi connectivity index (χ4v) is 1.85. The molecule has 114 valence electrons. The summed E-state index contributed by atoms with van der Waals surface area (Å²) in [7, 11) is 0. The van der Waals surface area contributed by atoms with Crippen LogP contribution in [0.15, 0.2) is 18.2 Å². The van der Waals surface area contributed by atoms with Gasteiger partial charge in [-0.1, -0.05) is 26.3 Å². The van der Waals surface area contributed by atoms with Crippen molar-refractivity contribution in [1.29, 1.82) is 0 Å². The Morgan fingerprint density at radius 1 is 1.43 bits per heavy atom. The van der Waals surface area contributed by atoms with Crippen LogP contribution in [-0.2, 0) is 4.79 Å².